The molecule has 2 nitrogen and oxygen atoms in total. The quantitative estimate of drug-likeness (QED) is 0.294. The predicted molar refractivity (Wildman–Crippen MR) is 127 cm³/mol. The minimum atomic E-state index is 0.458. The molecule has 6 aromatic rings. The van der Waals surface area contributed by atoms with Crippen LogP contribution in [0.25, 0.3) is 54.6 Å². The highest BCUT2D eigenvalue weighted by Crippen LogP contribution is 2.45. The zero-order valence-corrected chi connectivity index (χ0v) is 17.7. The van der Waals surface area contributed by atoms with E-state index in [2.05, 4.69) is 88.4 Å². The number of fused-ring (bicyclic) bond motifs is 10. The standard InChI is InChI=1S/C28H24O2/c1-15(2)17-9-11-21-23(13-17)29-27-25(21)19-7-5-6-8-20(19)26-22-12-10-18(16(3)4)14-24(22)30-28(26)27/h5-16H,1-4H3. The van der Waals surface area contributed by atoms with Crippen LogP contribution in [0.15, 0.2) is 69.5 Å². The van der Waals surface area contributed by atoms with Crippen molar-refractivity contribution in [2.24, 2.45) is 0 Å². The molecule has 0 aliphatic heterocycles. The Labute approximate surface area is 175 Å². The van der Waals surface area contributed by atoms with Gasteiger partial charge in [-0.05, 0) is 45.9 Å². The first-order valence-corrected chi connectivity index (χ1v) is 10.8. The largest absolute Gasteiger partial charge is 0.452 e. The molecular formula is C28H24O2. The lowest BCUT2D eigenvalue weighted by atomic mass is 9.96. The van der Waals surface area contributed by atoms with Gasteiger partial charge in [-0.15, -0.1) is 0 Å². The Morgan fingerprint density at radius 2 is 0.967 bits per heavy atom. The molecule has 0 saturated carbocycles. The fourth-order valence-electron chi connectivity index (χ4n) is 4.72. The van der Waals surface area contributed by atoms with Gasteiger partial charge in [0.25, 0.3) is 0 Å². The summed E-state index contributed by atoms with van der Waals surface area (Å²) >= 11 is 0. The number of hydrogen-bond acceptors (Lipinski definition) is 2. The SMILES string of the molecule is CC(C)c1ccc2c(c1)oc1c3oc4cc(C(C)C)ccc4c3c3ccccc3c21. The highest BCUT2D eigenvalue weighted by atomic mass is 16.4. The zero-order chi connectivity index (χ0) is 20.6. The monoisotopic (exact) mass is 392 g/mol. The van der Waals surface area contributed by atoms with Crippen molar-refractivity contribution in [3.05, 3.63) is 71.8 Å². The van der Waals surface area contributed by atoms with Crippen LogP contribution in [0.5, 0.6) is 0 Å². The van der Waals surface area contributed by atoms with Gasteiger partial charge in [0.1, 0.15) is 11.2 Å². The van der Waals surface area contributed by atoms with E-state index in [4.69, 9.17) is 8.83 Å². The van der Waals surface area contributed by atoms with Crippen molar-refractivity contribution in [3.8, 4) is 0 Å². The molecule has 0 aliphatic carbocycles. The molecule has 0 atom stereocenters. The summed E-state index contributed by atoms with van der Waals surface area (Å²) in [5.41, 5.74) is 6.12. The molecule has 2 heteroatoms. The fourth-order valence-corrected chi connectivity index (χ4v) is 4.72. The van der Waals surface area contributed by atoms with Gasteiger partial charge in [0.15, 0.2) is 11.2 Å². The van der Waals surface area contributed by atoms with Gasteiger partial charge in [0.05, 0.1) is 0 Å². The molecule has 30 heavy (non-hydrogen) atoms. The molecule has 0 bridgehead atoms. The van der Waals surface area contributed by atoms with Gasteiger partial charge in [-0.1, -0.05) is 76.2 Å². The summed E-state index contributed by atoms with van der Waals surface area (Å²) in [7, 11) is 0. The molecule has 4 aromatic carbocycles. The zero-order valence-electron chi connectivity index (χ0n) is 17.7. The van der Waals surface area contributed by atoms with Gasteiger partial charge >= 0.3 is 0 Å². The average molecular weight is 392 g/mol. The van der Waals surface area contributed by atoms with Crippen LogP contribution in [-0.4, -0.2) is 0 Å². The van der Waals surface area contributed by atoms with Gasteiger partial charge in [0, 0.05) is 21.5 Å². The highest BCUT2D eigenvalue weighted by molar-refractivity contribution is 6.33. The van der Waals surface area contributed by atoms with Crippen LogP contribution in [0.4, 0.5) is 0 Å². The molecule has 0 radical (unpaired) electrons. The van der Waals surface area contributed by atoms with Gasteiger partial charge < -0.3 is 8.83 Å². The van der Waals surface area contributed by atoms with Gasteiger partial charge in [-0.3, -0.25) is 0 Å². The van der Waals surface area contributed by atoms with Crippen LogP contribution in [0.3, 0.4) is 0 Å². The third-order valence-electron chi connectivity index (χ3n) is 6.43. The Kier molecular flexibility index (Phi) is 3.59. The van der Waals surface area contributed by atoms with E-state index in [9.17, 15) is 0 Å². The van der Waals surface area contributed by atoms with E-state index in [1.807, 2.05) is 0 Å². The predicted octanol–water partition coefficient (Wildman–Crippen LogP) is 8.89. The van der Waals surface area contributed by atoms with Crippen LogP contribution in [-0.2, 0) is 0 Å². The maximum Gasteiger partial charge on any atom is 0.179 e. The second-order valence-electron chi connectivity index (χ2n) is 8.98. The molecule has 0 fully saturated rings. The molecule has 0 aliphatic rings. The third kappa shape index (κ3) is 2.31. The third-order valence-corrected chi connectivity index (χ3v) is 6.43. The topological polar surface area (TPSA) is 26.3 Å². The molecule has 0 unspecified atom stereocenters. The molecular weight excluding hydrogens is 368 g/mol. The van der Waals surface area contributed by atoms with Crippen LogP contribution in [0.1, 0.15) is 50.7 Å². The molecule has 0 spiro atoms. The molecule has 0 saturated heterocycles. The highest BCUT2D eigenvalue weighted by Gasteiger charge is 2.21. The van der Waals surface area contributed by atoms with E-state index in [0.717, 1.165) is 43.9 Å². The molecule has 2 heterocycles. The summed E-state index contributed by atoms with van der Waals surface area (Å²) in [6.07, 6.45) is 0. The van der Waals surface area contributed by atoms with Gasteiger partial charge in [-0.25, -0.2) is 0 Å². The maximum atomic E-state index is 6.48. The van der Waals surface area contributed by atoms with Crippen LogP contribution >= 0.6 is 0 Å². The minimum Gasteiger partial charge on any atom is -0.452 e. The van der Waals surface area contributed by atoms with Crippen molar-refractivity contribution >= 4 is 54.6 Å². The fraction of sp³-hybridized carbons (Fsp3) is 0.214. The second-order valence-corrected chi connectivity index (χ2v) is 8.98. The Morgan fingerprint density at radius 3 is 1.37 bits per heavy atom. The molecule has 0 amide bonds. The summed E-state index contributed by atoms with van der Waals surface area (Å²) in [5.74, 6) is 0.917. The van der Waals surface area contributed by atoms with Crippen molar-refractivity contribution < 1.29 is 8.83 Å². The lowest BCUT2D eigenvalue weighted by Crippen LogP contribution is -1.85. The van der Waals surface area contributed by atoms with E-state index in [1.54, 1.807) is 0 Å². The molecule has 6 rings (SSSR count). The van der Waals surface area contributed by atoms with Crippen LogP contribution in [0.2, 0.25) is 0 Å². The summed E-state index contributed by atoms with van der Waals surface area (Å²) < 4.78 is 13.0. The Balaban J connectivity index is 1.85. The first-order chi connectivity index (χ1) is 14.5. The van der Waals surface area contributed by atoms with Gasteiger partial charge in [0.2, 0.25) is 0 Å². The molecule has 2 aromatic heterocycles. The summed E-state index contributed by atoms with van der Waals surface area (Å²) in [4.78, 5) is 0. The van der Waals surface area contributed by atoms with Crippen LogP contribution < -0.4 is 0 Å². The van der Waals surface area contributed by atoms with Crippen LogP contribution in [0, 0.1) is 0 Å². The van der Waals surface area contributed by atoms with E-state index < -0.39 is 0 Å². The normalized spacial score (nSPS) is 12.6. The molecule has 0 N–H and O–H groups in total. The average Bonchev–Trinajstić information content (AvgIpc) is 3.31. The summed E-state index contributed by atoms with van der Waals surface area (Å²) in [6.45, 7) is 8.85. The van der Waals surface area contributed by atoms with E-state index >= 15 is 0 Å². The van der Waals surface area contributed by atoms with Crippen molar-refractivity contribution in [1.29, 1.82) is 0 Å². The number of furan rings is 2. The first kappa shape index (κ1) is 17.6. The number of rotatable bonds is 2. The van der Waals surface area contributed by atoms with E-state index in [-0.39, 0.29) is 0 Å². The molecule has 148 valence electrons. The minimum absolute atomic E-state index is 0.458. The van der Waals surface area contributed by atoms with Gasteiger partial charge in [-0.2, -0.15) is 0 Å². The summed E-state index contributed by atoms with van der Waals surface area (Å²) in [6, 6.07) is 21.8. The number of hydrogen-bond donors (Lipinski definition) is 0. The summed E-state index contributed by atoms with van der Waals surface area (Å²) in [5, 5.41) is 7.02. The lowest BCUT2D eigenvalue weighted by molar-refractivity contribution is 0.632. The Hall–Kier alpha value is -3.26. The first-order valence-electron chi connectivity index (χ1n) is 10.8. The van der Waals surface area contributed by atoms with E-state index in [1.165, 1.54) is 21.9 Å². The van der Waals surface area contributed by atoms with Crippen molar-refractivity contribution in [3.63, 3.8) is 0 Å². The van der Waals surface area contributed by atoms with Crippen molar-refractivity contribution in [1.82, 2.24) is 0 Å². The number of benzene rings is 4. The maximum absolute atomic E-state index is 6.48. The Bertz CT molecular complexity index is 1470. The van der Waals surface area contributed by atoms with E-state index in [0.29, 0.717) is 11.8 Å². The second kappa shape index (κ2) is 6.12. The van der Waals surface area contributed by atoms with Crippen molar-refractivity contribution in [2.75, 3.05) is 0 Å². The smallest absolute Gasteiger partial charge is 0.179 e. The Morgan fingerprint density at radius 1 is 0.533 bits per heavy atom. The van der Waals surface area contributed by atoms with Crippen molar-refractivity contribution in [2.45, 2.75) is 39.5 Å². The lowest BCUT2D eigenvalue weighted by Gasteiger charge is -2.05.